The molecule has 4 aromatic rings. The molecule has 7 heteroatoms. The number of hydrogen-bond acceptors (Lipinski definition) is 3. The van der Waals surface area contributed by atoms with Crippen molar-refractivity contribution in [2.24, 2.45) is 0 Å². The van der Waals surface area contributed by atoms with Crippen LogP contribution in [-0.4, -0.2) is 17.8 Å². The molecular weight excluding hydrogens is 382 g/mol. The fourth-order valence-corrected chi connectivity index (χ4v) is 4.41. The Labute approximate surface area is 162 Å². The topological polar surface area (TPSA) is 63.5 Å². The predicted molar refractivity (Wildman–Crippen MR) is 108 cm³/mol. The zero-order valence-electron chi connectivity index (χ0n) is 14.4. The molecule has 0 aliphatic rings. The zero-order valence-corrected chi connectivity index (χ0v) is 16.0. The fourth-order valence-electron chi connectivity index (χ4n) is 2.84. The quantitative estimate of drug-likeness (QED) is 0.539. The van der Waals surface area contributed by atoms with Crippen LogP contribution >= 0.6 is 11.6 Å². The first-order chi connectivity index (χ1) is 12.9. The van der Waals surface area contributed by atoms with Crippen LogP contribution in [0.15, 0.2) is 78.0 Å². The van der Waals surface area contributed by atoms with Gasteiger partial charge in [-0.2, -0.15) is 0 Å². The van der Waals surface area contributed by atoms with Gasteiger partial charge in [-0.1, -0.05) is 35.9 Å². The molecule has 0 spiro atoms. The van der Waals surface area contributed by atoms with E-state index in [1.807, 2.05) is 41.9 Å². The van der Waals surface area contributed by atoms with Gasteiger partial charge < -0.3 is 4.40 Å². The maximum atomic E-state index is 12.6. The van der Waals surface area contributed by atoms with Crippen molar-refractivity contribution in [3.63, 3.8) is 0 Å². The number of pyridine rings is 1. The van der Waals surface area contributed by atoms with Crippen molar-refractivity contribution in [3.05, 3.63) is 83.6 Å². The van der Waals surface area contributed by atoms with Crippen LogP contribution in [0.3, 0.4) is 0 Å². The number of rotatable bonds is 4. The zero-order chi connectivity index (χ0) is 19.0. The fraction of sp³-hybridized carbons (Fsp3) is 0.0500. The third-order valence-corrected chi connectivity index (χ3v) is 6.03. The molecular formula is C20H16ClN3O2S. The Kier molecular flexibility index (Phi) is 4.37. The van der Waals surface area contributed by atoms with Crippen LogP contribution in [0.4, 0.5) is 5.69 Å². The number of hydrogen-bond donors (Lipinski definition) is 1. The van der Waals surface area contributed by atoms with Gasteiger partial charge in [-0.3, -0.25) is 4.72 Å². The van der Waals surface area contributed by atoms with E-state index < -0.39 is 10.0 Å². The number of aryl methyl sites for hydroxylation is 1. The van der Waals surface area contributed by atoms with Crippen molar-refractivity contribution >= 4 is 33.0 Å². The highest BCUT2D eigenvalue weighted by atomic mass is 35.5. The number of sulfonamides is 1. The van der Waals surface area contributed by atoms with Gasteiger partial charge >= 0.3 is 0 Å². The maximum absolute atomic E-state index is 12.6. The van der Waals surface area contributed by atoms with Crippen LogP contribution in [-0.2, 0) is 10.0 Å². The molecule has 0 aliphatic carbocycles. The van der Waals surface area contributed by atoms with Crippen molar-refractivity contribution in [3.8, 4) is 11.3 Å². The molecule has 27 heavy (non-hydrogen) atoms. The first-order valence-electron chi connectivity index (χ1n) is 8.25. The minimum Gasteiger partial charge on any atom is -0.306 e. The van der Waals surface area contributed by atoms with Gasteiger partial charge in [0.15, 0.2) is 0 Å². The lowest BCUT2D eigenvalue weighted by molar-refractivity contribution is 0.601. The number of fused-ring (bicyclic) bond motifs is 1. The van der Waals surface area contributed by atoms with Crippen LogP contribution in [0, 0.1) is 6.92 Å². The second-order valence-corrected chi connectivity index (χ2v) is 8.27. The Morgan fingerprint density at radius 2 is 1.85 bits per heavy atom. The van der Waals surface area contributed by atoms with Crippen molar-refractivity contribution < 1.29 is 8.42 Å². The summed E-state index contributed by atoms with van der Waals surface area (Å²) < 4.78 is 29.8. The second kappa shape index (κ2) is 6.72. The summed E-state index contributed by atoms with van der Waals surface area (Å²) in [6.45, 7) is 2.01. The molecule has 2 aromatic carbocycles. The van der Waals surface area contributed by atoms with Gasteiger partial charge in [0.1, 0.15) is 10.5 Å². The Morgan fingerprint density at radius 1 is 1.04 bits per heavy atom. The SMILES string of the molecule is Cc1ccn2cc(-c3cccc(NS(=O)(=O)c4ccccc4Cl)c3)nc2c1. The lowest BCUT2D eigenvalue weighted by Gasteiger charge is -2.10. The standard InChI is InChI=1S/C20H16ClN3O2S/c1-14-9-10-24-13-18(22-20(24)11-14)15-5-4-6-16(12-15)23-27(25,26)19-8-3-2-7-17(19)21/h2-13,23H,1H3. The summed E-state index contributed by atoms with van der Waals surface area (Å²) in [6.07, 6.45) is 3.86. The van der Waals surface area contributed by atoms with Crippen molar-refractivity contribution in [1.29, 1.82) is 0 Å². The summed E-state index contributed by atoms with van der Waals surface area (Å²) in [4.78, 5) is 4.66. The lowest BCUT2D eigenvalue weighted by atomic mass is 10.1. The van der Waals surface area contributed by atoms with E-state index in [2.05, 4.69) is 9.71 Å². The molecule has 2 aromatic heterocycles. The average Bonchev–Trinajstić information content (AvgIpc) is 3.05. The summed E-state index contributed by atoms with van der Waals surface area (Å²) in [5.74, 6) is 0. The summed E-state index contributed by atoms with van der Waals surface area (Å²) >= 11 is 6.03. The van der Waals surface area contributed by atoms with Gasteiger partial charge in [0.2, 0.25) is 0 Å². The number of imidazole rings is 1. The Bertz CT molecular complexity index is 1250. The smallest absolute Gasteiger partial charge is 0.263 e. The molecule has 0 atom stereocenters. The van der Waals surface area contributed by atoms with Gasteiger partial charge in [-0.05, 0) is 48.9 Å². The molecule has 4 rings (SSSR count). The summed E-state index contributed by atoms with van der Waals surface area (Å²) in [5, 5.41) is 0.178. The molecule has 0 unspecified atom stereocenters. The van der Waals surface area contributed by atoms with Gasteiger partial charge in [0.05, 0.1) is 10.7 Å². The molecule has 0 amide bonds. The minimum absolute atomic E-state index is 0.0419. The first kappa shape index (κ1) is 17.6. The molecule has 0 saturated heterocycles. The van der Waals surface area contributed by atoms with E-state index in [1.165, 1.54) is 6.07 Å². The van der Waals surface area contributed by atoms with E-state index in [0.717, 1.165) is 22.5 Å². The van der Waals surface area contributed by atoms with Crippen LogP contribution < -0.4 is 4.72 Å². The van der Waals surface area contributed by atoms with Crippen LogP contribution in [0.25, 0.3) is 16.9 Å². The van der Waals surface area contributed by atoms with Crippen LogP contribution in [0.2, 0.25) is 5.02 Å². The van der Waals surface area contributed by atoms with Crippen molar-refractivity contribution in [2.45, 2.75) is 11.8 Å². The normalized spacial score (nSPS) is 11.6. The number of anilines is 1. The van der Waals surface area contributed by atoms with E-state index in [0.29, 0.717) is 5.69 Å². The van der Waals surface area contributed by atoms with Crippen molar-refractivity contribution in [2.75, 3.05) is 4.72 Å². The third-order valence-electron chi connectivity index (χ3n) is 4.15. The minimum atomic E-state index is -3.78. The maximum Gasteiger partial charge on any atom is 0.263 e. The predicted octanol–water partition coefficient (Wildman–Crippen LogP) is 4.76. The Morgan fingerprint density at radius 3 is 2.67 bits per heavy atom. The first-order valence-corrected chi connectivity index (χ1v) is 10.1. The monoisotopic (exact) mass is 397 g/mol. The lowest BCUT2D eigenvalue weighted by Crippen LogP contribution is -2.13. The molecule has 1 N–H and O–H groups in total. The van der Waals surface area contributed by atoms with Crippen LogP contribution in [0.5, 0.6) is 0 Å². The molecule has 0 fully saturated rings. The number of nitrogens with one attached hydrogen (secondary N) is 1. The second-order valence-electron chi connectivity index (χ2n) is 6.21. The largest absolute Gasteiger partial charge is 0.306 e. The summed E-state index contributed by atoms with van der Waals surface area (Å²) in [7, 11) is -3.78. The molecule has 0 bridgehead atoms. The number of halogens is 1. The van der Waals surface area contributed by atoms with Gasteiger partial charge in [0, 0.05) is 23.6 Å². The van der Waals surface area contributed by atoms with E-state index >= 15 is 0 Å². The molecule has 5 nitrogen and oxygen atoms in total. The Balaban J connectivity index is 1.69. The Hall–Kier alpha value is -2.83. The van der Waals surface area contributed by atoms with E-state index in [1.54, 1.807) is 36.4 Å². The molecule has 0 radical (unpaired) electrons. The van der Waals surface area contributed by atoms with Gasteiger partial charge in [-0.25, -0.2) is 13.4 Å². The molecule has 2 heterocycles. The number of nitrogens with zero attached hydrogens (tertiary/aromatic N) is 2. The highest BCUT2D eigenvalue weighted by molar-refractivity contribution is 7.92. The van der Waals surface area contributed by atoms with Gasteiger partial charge in [-0.15, -0.1) is 0 Å². The van der Waals surface area contributed by atoms with E-state index in [4.69, 9.17) is 11.6 Å². The van der Waals surface area contributed by atoms with Crippen LogP contribution in [0.1, 0.15) is 5.56 Å². The summed E-state index contributed by atoms with van der Waals surface area (Å²) in [5.41, 5.74) is 3.99. The highest BCUT2D eigenvalue weighted by Gasteiger charge is 2.17. The molecule has 136 valence electrons. The number of benzene rings is 2. The van der Waals surface area contributed by atoms with Gasteiger partial charge in [0.25, 0.3) is 10.0 Å². The summed E-state index contributed by atoms with van der Waals surface area (Å²) in [6, 6.07) is 17.5. The molecule has 0 aliphatic heterocycles. The van der Waals surface area contributed by atoms with Crippen molar-refractivity contribution in [1.82, 2.24) is 9.38 Å². The van der Waals surface area contributed by atoms with E-state index in [-0.39, 0.29) is 9.92 Å². The highest BCUT2D eigenvalue weighted by Crippen LogP contribution is 2.26. The molecule has 0 saturated carbocycles. The average molecular weight is 398 g/mol. The third kappa shape index (κ3) is 3.54. The number of aromatic nitrogens is 2. The van der Waals surface area contributed by atoms with E-state index in [9.17, 15) is 8.42 Å².